The average molecular weight is 440 g/mol. The van der Waals surface area contributed by atoms with Gasteiger partial charge >= 0.3 is 24.7 Å². The van der Waals surface area contributed by atoms with Crippen LogP contribution in [0.1, 0.15) is 39.5 Å². The van der Waals surface area contributed by atoms with Crippen molar-refractivity contribution in [2.75, 3.05) is 0 Å². The van der Waals surface area contributed by atoms with Gasteiger partial charge in [0.05, 0.1) is 0 Å². The Labute approximate surface area is 151 Å². The van der Waals surface area contributed by atoms with Crippen molar-refractivity contribution in [1.29, 1.82) is 0 Å². The van der Waals surface area contributed by atoms with Gasteiger partial charge in [-0.05, 0) is 12.8 Å². The first-order valence-electron chi connectivity index (χ1n) is 8.19. The summed E-state index contributed by atoms with van der Waals surface area (Å²) >= 11 is 0. The van der Waals surface area contributed by atoms with Crippen molar-refractivity contribution in [2.24, 2.45) is 0 Å². The van der Waals surface area contributed by atoms with Crippen LogP contribution in [0, 0.1) is 0 Å². The summed E-state index contributed by atoms with van der Waals surface area (Å²) in [5.74, 6) is 0. The van der Waals surface area contributed by atoms with Gasteiger partial charge in [0.25, 0.3) is 0 Å². The second kappa shape index (κ2) is 6.29. The molecule has 0 bridgehead atoms. The van der Waals surface area contributed by atoms with Gasteiger partial charge in [-0.25, -0.2) is 10.0 Å². The van der Waals surface area contributed by atoms with Gasteiger partial charge in [0.15, 0.2) is 0 Å². The van der Waals surface area contributed by atoms with Gasteiger partial charge < -0.3 is 0 Å². The highest BCUT2D eigenvalue weighted by atomic mass is 19.4. The predicted octanol–water partition coefficient (Wildman–Crippen LogP) is 5.60. The minimum atomic E-state index is -6.14. The molecule has 0 saturated carbocycles. The zero-order chi connectivity index (χ0) is 22.1. The molecule has 2 heterocycles. The average Bonchev–Trinajstić information content (AvgIpc) is 2.98. The van der Waals surface area contributed by atoms with Gasteiger partial charge in [-0.3, -0.25) is 0 Å². The Morgan fingerprint density at radius 3 is 0.929 bits per heavy atom. The van der Waals surface area contributed by atoms with Crippen LogP contribution in [-0.4, -0.2) is 57.9 Å². The molecule has 2 nitrogen and oxygen atoms in total. The Bertz CT molecular complexity index is 507. The molecule has 28 heavy (non-hydrogen) atoms. The van der Waals surface area contributed by atoms with Crippen LogP contribution in [-0.2, 0) is 0 Å². The van der Waals surface area contributed by atoms with Crippen LogP contribution < -0.4 is 0 Å². The number of hydrogen-bond acceptors (Lipinski definition) is 2. The van der Waals surface area contributed by atoms with Crippen LogP contribution in [0.2, 0.25) is 0 Å². The zero-order valence-corrected chi connectivity index (χ0v) is 14.4. The number of fused-ring (bicyclic) bond motifs is 1. The van der Waals surface area contributed by atoms with E-state index in [0.717, 1.165) is 13.8 Å². The molecule has 0 amide bonds. The fourth-order valence-electron chi connectivity index (χ4n) is 4.32. The lowest BCUT2D eigenvalue weighted by Gasteiger charge is -2.46. The molecule has 2 atom stereocenters. The van der Waals surface area contributed by atoms with Crippen molar-refractivity contribution >= 4 is 0 Å². The third kappa shape index (κ3) is 2.72. The van der Waals surface area contributed by atoms with E-state index in [9.17, 15) is 52.7 Å². The molecule has 0 aliphatic carbocycles. The molecular formula is C14H16F12N2. The quantitative estimate of drug-likeness (QED) is 0.516. The van der Waals surface area contributed by atoms with Crippen LogP contribution in [0.3, 0.4) is 0 Å². The van der Waals surface area contributed by atoms with Gasteiger partial charge in [-0.1, -0.05) is 13.8 Å². The van der Waals surface area contributed by atoms with Gasteiger partial charge in [-0.2, -0.15) is 52.7 Å². The van der Waals surface area contributed by atoms with E-state index in [1.54, 1.807) is 0 Å². The molecule has 0 aromatic rings. The molecule has 2 saturated heterocycles. The Hall–Kier alpha value is -0.920. The Balaban J connectivity index is 2.89. The van der Waals surface area contributed by atoms with Crippen molar-refractivity contribution in [2.45, 2.75) is 87.4 Å². The van der Waals surface area contributed by atoms with Crippen molar-refractivity contribution in [3.63, 3.8) is 0 Å². The number of alkyl halides is 12. The summed E-state index contributed by atoms with van der Waals surface area (Å²) in [5, 5.41) is -1.44. The molecule has 0 radical (unpaired) electrons. The largest absolute Gasteiger partial charge is 0.417 e. The summed E-state index contributed by atoms with van der Waals surface area (Å²) in [6.45, 7) is 1.89. The molecule has 2 rings (SSSR count). The maximum absolute atomic E-state index is 13.7. The second-order valence-corrected chi connectivity index (χ2v) is 6.93. The topological polar surface area (TPSA) is 6.48 Å². The Morgan fingerprint density at radius 2 is 0.786 bits per heavy atom. The third-order valence-corrected chi connectivity index (χ3v) is 5.59. The van der Waals surface area contributed by atoms with Crippen LogP contribution in [0.4, 0.5) is 52.7 Å². The number of halogens is 12. The maximum Gasteiger partial charge on any atom is 0.417 e. The van der Waals surface area contributed by atoms with Crippen molar-refractivity contribution in [3.05, 3.63) is 0 Å². The molecule has 0 N–H and O–H groups in total. The number of rotatable bonds is 2. The highest BCUT2D eigenvalue weighted by Gasteiger charge is 2.88. The summed E-state index contributed by atoms with van der Waals surface area (Å²) in [6.07, 6.45) is -30.1. The third-order valence-electron chi connectivity index (χ3n) is 5.59. The Kier molecular flexibility index (Phi) is 5.25. The molecule has 2 aliphatic heterocycles. The summed E-state index contributed by atoms with van der Waals surface area (Å²) in [5.41, 5.74) is -9.67. The van der Waals surface area contributed by atoms with E-state index in [1.165, 1.54) is 0 Å². The van der Waals surface area contributed by atoms with E-state index < -0.39 is 83.6 Å². The van der Waals surface area contributed by atoms with Crippen LogP contribution >= 0.6 is 0 Å². The molecule has 2 aliphatic rings. The standard InChI is InChI=1S/C14H16F12N2/c1-3-7-5-9(11(15,16)17,12(18,19)20)28-8(4-2)6-10(27(7)28,13(21,22)23)14(24,25)26/h7-8H,3-6H2,1-2H3. The molecule has 2 fully saturated rings. The summed E-state index contributed by atoms with van der Waals surface area (Å²) in [6, 6.07) is -4.52. The van der Waals surface area contributed by atoms with Crippen LogP contribution in [0.25, 0.3) is 0 Å². The van der Waals surface area contributed by atoms with Crippen LogP contribution in [0.5, 0.6) is 0 Å². The summed E-state index contributed by atoms with van der Waals surface area (Å²) < 4.78 is 164. The van der Waals surface area contributed by atoms with Crippen molar-refractivity contribution in [3.8, 4) is 0 Å². The summed E-state index contributed by atoms with van der Waals surface area (Å²) in [4.78, 5) is 0. The highest BCUT2D eigenvalue weighted by molar-refractivity contribution is 5.21. The Morgan fingerprint density at radius 1 is 0.571 bits per heavy atom. The molecule has 166 valence electrons. The fraction of sp³-hybridized carbons (Fsp3) is 1.00. The SMILES string of the molecule is CCC1CC(C(F)(F)F)(C(F)(F)F)N2C(CC)CC(C(F)(F)F)(C(F)(F)F)N12. The van der Waals surface area contributed by atoms with E-state index >= 15 is 0 Å². The van der Waals surface area contributed by atoms with E-state index in [1.807, 2.05) is 0 Å². The van der Waals surface area contributed by atoms with E-state index in [4.69, 9.17) is 0 Å². The second-order valence-electron chi connectivity index (χ2n) is 6.93. The maximum atomic E-state index is 13.7. The minimum absolute atomic E-state index is 0.720. The number of hydrazine groups is 1. The lowest BCUT2D eigenvalue weighted by atomic mass is 9.83. The summed E-state index contributed by atoms with van der Waals surface area (Å²) in [7, 11) is 0. The van der Waals surface area contributed by atoms with Gasteiger partial charge in [-0.15, -0.1) is 0 Å². The lowest BCUT2D eigenvalue weighted by Crippen LogP contribution is -2.70. The first-order valence-corrected chi connectivity index (χ1v) is 8.19. The smallest absolute Gasteiger partial charge is 0.214 e. The minimum Gasteiger partial charge on any atom is -0.214 e. The molecule has 14 heteroatoms. The molecule has 0 aromatic heterocycles. The first-order chi connectivity index (χ1) is 12.3. The normalized spacial score (nSPS) is 29.4. The van der Waals surface area contributed by atoms with Gasteiger partial charge in [0, 0.05) is 24.9 Å². The van der Waals surface area contributed by atoms with Gasteiger partial charge in [0.2, 0.25) is 11.1 Å². The fourth-order valence-corrected chi connectivity index (χ4v) is 4.32. The zero-order valence-electron chi connectivity index (χ0n) is 14.4. The number of hydrogen-bond donors (Lipinski definition) is 0. The lowest BCUT2D eigenvalue weighted by molar-refractivity contribution is -0.383. The molecule has 0 aromatic carbocycles. The van der Waals surface area contributed by atoms with Gasteiger partial charge in [0.1, 0.15) is 0 Å². The number of nitrogens with zero attached hydrogens (tertiary/aromatic N) is 2. The van der Waals surface area contributed by atoms with E-state index in [2.05, 4.69) is 0 Å². The van der Waals surface area contributed by atoms with Crippen molar-refractivity contribution in [1.82, 2.24) is 10.0 Å². The predicted molar refractivity (Wildman–Crippen MR) is 70.8 cm³/mol. The molecular weight excluding hydrogens is 424 g/mol. The first kappa shape index (κ1) is 23.4. The molecule has 2 unspecified atom stereocenters. The van der Waals surface area contributed by atoms with Crippen LogP contribution in [0.15, 0.2) is 0 Å². The van der Waals surface area contributed by atoms with E-state index in [0.29, 0.717) is 0 Å². The van der Waals surface area contributed by atoms with Crippen molar-refractivity contribution < 1.29 is 52.7 Å². The monoisotopic (exact) mass is 440 g/mol. The highest BCUT2D eigenvalue weighted by Crippen LogP contribution is 2.65. The molecule has 0 spiro atoms. The van der Waals surface area contributed by atoms with E-state index in [-0.39, 0.29) is 0 Å².